The molecule has 0 spiro atoms. The van der Waals surface area contributed by atoms with Gasteiger partial charge in [0.1, 0.15) is 5.75 Å². The van der Waals surface area contributed by atoms with Crippen molar-refractivity contribution in [2.75, 3.05) is 25.1 Å². The summed E-state index contributed by atoms with van der Waals surface area (Å²) in [6.07, 6.45) is 6.39. The molecule has 0 unspecified atom stereocenters. The lowest BCUT2D eigenvalue weighted by Crippen LogP contribution is -2.34. The zero-order chi connectivity index (χ0) is 18.1. The lowest BCUT2D eigenvalue weighted by atomic mass is 10.1. The molecular weight excluding hydrogens is 344 g/mol. The highest BCUT2D eigenvalue weighted by molar-refractivity contribution is 7.15. The Labute approximate surface area is 158 Å². The van der Waals surface area contributed by atoms with E-state index in [2.05, 4.69) is 47.0 Å². The molecule has 5 nitrogen and oxygen atoms in total. The highest BCUT2D eigenvalue weighted by atomic mass is 32.1. The Morgan fingerprint density at radius 3 is 2.81 bits per heavy atom. The second kappa shape index (κ2) is 7.11. The molecule has 26 heavy (non-hydrogen) atoms. The van der Waals surface area contributed by atoms with Gasteiger partial charge in [-0.15, -0.1) is 11.3 Å². The minimum absolute atomic E-state index is 0.480. The maximum atomic E-state index is 5.61. The van der Waals surface area contributed by atoms with Crippen molar-refractivity contribution in [3.8, 4) is 5.75 Å². The molecule has 3 heterocycles. The van der Waals surface area contributed by atoms with Gasteiger partial charge in [0.05, 0.1) is 12.8 Å². The highest BCUT2D eigenvalue weighted by Gasteiger charge is 2.33. The fraction of sp³-hybridized carbons (Fsp3) is 0.400. The van der Waals surface area contributed by atoms with Gasteiger partial charge in [0.25, 0.3) is 0 Å². The van der Waals surface area contributed by atoms with Crippen LogP contribution in [0.25, 0.3) is 5.70 Å². The van der Waals surface area contributed by atoms with Crippen molar-refractivity contribution >= 4 is 28.1 Å². The van der Waals surface area contributed by atoms with Crippen LogP contribution in [0.4, 0.5) is 5.13 Å². The molecular formula is C20H24N4OS. The number of methoxy groups -OCH3 is 1. The van der Waals surface area contributed by atoms with Crippen molar-refractivity contribution < 1.29 is 4.74 Å². The molecule has 0 saturated carbocycles. The number of benzene rings is 1. The number of fused-ring (bicyclic) bond motifs is 1. The molecule has 2 aliphatic heterocycles. The van der Waals surface area contributed by atoms with Crippen LogP contribution in [0.5, 0.6) is 5.75 Å². The quantitative estimate of drug-likeness (QED) is 0.794. The van der Waals surface area contributed by atoms with E-state index in [0.717, 1.165) is 54.0 Å². The number of nitrogens with zero attached hydrogens (tertiary/aromatic N) is 4. The third-order valence-electron chi connectivity index (χ3n) is 4.71. The van der Waals surface area contributed by atoms with Crippen LogP contribution in [-0.2, 0) is 0 Å². The third kappa shape index (κ3) is 2.98. The highest BCUT2D eigenvalue weighted by Crippen LogP contribution is 2.38. The summed E-state index contributed by atoms with van der Waals surface area (Å²) in [5.74, 6) is 2.34. The van der Waals surface area contributed by atoms with Gasteiger partial charge in [-0.1, -0.05) is 26.0 Å². The fourth-order valence-electron chi connectivity index (χ4n) is 3.30. The van der Waals surface area contributed by atoms with Crippen molar-refractivity contribution in [3.63, 3.8) is 0 Å². The van der Waals surface area contributed by atoms with Gasteiger partial charge in [0, 0.05) is 35.9 Å². The molecule has 0 bridgehead atoms. The van der Waals surface area contributed by atoms with Crippen LogP contribution in [0, 0.1) is 0 Å². The molecule has 2 aliphatic rings. The first-order valence-corrected chi connectivity index (χ1v) is 9.93. The summed E-state index contributed by atoms with van der Waals surface area (Å²) in [4.78, 5) is 15.3. The van der Waals surface area contributed by atoms with Crippen molar-refractivity contribution in [1.29, 1.82) is 0 Å². The Morgan fingerprint density at radius 1 is 1.19 bits per heavy atom. The minimum atomic E-state index is 0.480. The number of guanidine groups is 1. The molecule has 0 atom stereocenters. The molecule has 0 N–H and O–H groups in total. The van der Waals surface area contributed by atoms with E-state index >= 15 is 0 Å². The number of rotatable bonds is 4. The molecule has 0 amide bonds. The average Bonchev–Trinajstić information content (AvgIpc) is 3.20. The van der Waals surface area contributed by atoms with E-state index in [0.29, 0.717) is 5.92 Å². The molecule has 4 rings (SSSR count). The first kappa shape index (κ1) is 17.1. The maximum absolute atomic E-state index is 5.61. The van der Waals surface area contributed by atoms with E-state index in [1.807, 2.05) is 18.3 Å². The molecule has 0 saturated heterocycles. The van der Waals surface area contributed by atoms with E-state index < -0.39 is 0 Å². The van der Waals surface area contributed by atoms with Gasteiger partial charge >= 0.3 is 0 Å². The van der Waals surface area contributed by atoms with Crippen LogP contribution >= 0.6 is 11.3 Å². The van der Waals surface area contributed by atoms with Gasteiger partial charge in [-0.25, -0.2) is 4.98 Å². The predicted octanol–water partition coefficient (Wildman–Crippen LogP) is 4.55. The Kier molecular flexibility index (Phi) is 4.68. The predicted molar refractivity (Wildman–Crippen MR) is 108 cm³/mol. The zero-order valence-corrected chi connectivity index (χ0v) is 16.3. The maximum Gasteiger partial charge on any atom is 0.211 e. The molecule has 0 aliphatic carbocycles. The Morgan fingerprint density at radius 2 is 2.04 bits per heavy atom. The average molecular weight is 369 g/mol. The van der Waals surface area contributed by atoms with Gasteiger partial charge < -0.3 is 9.64 Å². The normalized spacial score (nSPS) is 17.1. The number of hydrogen-bond donors (Lipinski definition) is 0. The van der Waals surface area contributed by atoms with Crippen molar-refractivity contribution in [1.82, 2.24) is 9.88 Å². The van der Waals surface area contributed by atoms with Crippen LogP contribution in [0.3, 0.4) is 0 Å². The summed E-state index contributed by atoms with van der Waals surface area (Å²) in [5, 5.41) is 0.976. The van der Waals surface area contributed by atoms with Crippen LogP contribution in [0.15, 0.2) is 41.7 Å². The Bertz CT molecular complexity index is 855. The molecule has 1 aromatic carbocycles. The van der Waals surface area contributed by atoms with Crippen molar-refractivity contribution in [2.24, 2.45) is 4.99 Å². The van der Waals surface area contributed by atoms with E-state index in [1.54, 1.807) is 18.4 Å². The van der Waals surface area contributed by atoms with E-state index in [9.17, 15) is 0 Å². The van der Waals surface area contributed by atoms with Gasteiger partial charge in [-0.2, -0.15) is 0 Å². The minimum Gasteiger partial charge on any atom is -0.496 e. The second-order valence-electron chi connectivity index (χ2n) is 6.82. The van der Waals surface area contributed by atoms with Crippen molar-refractivity contribution in [3.05, 3.63) is 47.1 Å². The lowest BCUT2D eigenvalue weighted by Gasteiger charge is -2.23. The second-order valence-corrected chi connectivity index (χ2v) is 7.87. The van der Waals surface area contributed by atoms with Gasteiger partial charge in [-0.3, -0.25) is 9.89 Å². The molecule has 6 heteroatoms. The largest absolute Gasteiger partial charge is 0.496 e. The van der Waals surface area contributed by atoms with E-state index in [4.69, 9.17) is 9.73 Å². The van der Waals surface area contributed by atoms with Gasteiger partial charge in [0.15, 0.2) is 5.13 Å². The number of aromatic nitrogens is 1. The molecule has 2 aromatic rings. The van der Waals surface area contributed by atoms with Crippen LogP contribution in [0.1, 0.15) is 43.0 Å². The number of aliphatic imine (C=N–C) groups is 1. The fourth-order valence-corrected chi connectivity index (χ4v) is 4.19. The first-order valence-electron chi connectivity index (χ1n) is 9.11. The van der Waals surface area contributed by atoms with Crippen molar-refractivity contribution in [2.45, 2.75) is 32.6 Å². The number of thiazole rings is 1. The number of anilines is 1. The summed E-state index contributed by atoms with van der Waals surface area (Å²) in [7, 11) is 1.72. The zero-order valence-electron chi connectivity index (χ0n) is 15.5. The lowest BCUT2D eigenvalue weighted by molar-refractivity contribution is 0.412. The van der Waals surface area contributed by atoms with Crippen LogP contribution in [-0.4, -0.2) is 36.0 Å². The van der Waals surface area contributed by atoms with Crippen LogP contribution < -0.4 is 9.64 Å². The van der Waals surface area contributed by atoms with E-state index in [-0.39, 0.29) is 0 Å². The summed E-state index contributed by atoms with van der Waals surface area (Å²) in [6.45, 7) is 6.22. The molecule has 0 radical (unpaired) electrons. The monoisotopic (exact) mass is 368 g/mol. The summed E-state index contributed by atoms with van der Waals surface area (Å²) < 4.78 is 5.61. The topological polar surface area (TPSA) is 41.0 Å². The van der Waals surface area contributed by atoms with Gasteiger partial charge in [0.2, 0.25) is 5.96 Å². The molecule has 136 valence electrons. The molecule has 0 fully saturated rings. The first-order chi connectivity index (χ1) is 12.7. The summed E-state index contributed by atoms with van der Waals surface area (Å²) in [5.41, 5.74) is 2.22. The van der Waals surface area contributed by atoms with E-state index in [1.165, 1.54) is 4.88 Å². The SMILES string of the molecule is COc1ccccc1C1=CN(c2ncc(C(C)C)s2)C2=NCCCCN12. The van der Waals surface area contributed by atoms with Gasteiger partial charge in [-0.05, 0) is 30.9 Å². The Balaban J connectivity index is 1.79. The smallest absolute Gasteiger partial charge is 0.211 e. The summed E-state index contributed by atoms with van der Waals surface area (Å²) >= 11 is 1.74. The van der Waals surface area contributed by atoms with Crippen LogP contribution in [0.2, 0.25) is 0 Å². The standard InChI is InChI=1S/C20H24N4OS/c1-14(2)18-12-22-20(26-18)24-13-16(15-8-4-5-9-17(15)25-3)23-11-7-6-10-21-19(23)24/h4-5,8-9,12-14H,6-7,10-11H2,1-3H3. The summed E-state index contributed by atoms with van der Waals surface area (Å²) in [6, 6.07) is 8.17. The Hall–Kier alpha value is -2.34. The number of hydrogen-bond acceptors (Lipinski definition) is 6. The molecule has 1 aromatic heterocycles. The number of para-hydroxylation sites is 1. The third-order valence-corrected chi connectivity index (χ3v) is 6.01. The number of ether oxygens (including phenoxy) is 1.